The molecule has 0 unspecified atom stereocenters. The lowest BCUT2D eigenvalue weighted by Gasteiger charge is -2.32. The number of carbonyl (C=O) groups is 1. The SMILES string of the molecule is O=C(c1cc(-c2cn[nH]c2)nc2ccccc12)N1CCC(Oc2cccnc2)CC1. The number of benzene rings is 1. The van der Waals surface area contributed by atoms with Gasteiger partial charge in [0.2, 0.25) is 0 Å². The van der Waals surface area contributed by atoms with Crippen molar-refractivity contribution in [2.45, 2.75) is 18.9 Å². The molecule has 0 saturated carbocycles. The number of amides is 1. The molecule has 0 aliphatic carbocycles. The highest BCUT2D eigenvalue weighted by Gasteiger charge is 2.26. The first kappa shape index (κ1) is 18.3. The van der Waals surface area contributed by atoms with Crippen molar-refractivity contribution >= 4 is 16.8 Å². The third-order valence-electron chi connectivity index (χ3n) is 5.41. The van der Waals surface area contributed by atoms with E-state index in [1.165, 1.54) is 0 Å². The quantitative estimate of drug-likeness (QED) is 0.566. The average Bonchev–Trinajstić information content (AvgIpc) is 3.34. The zero-order valence-electron chi connectivity index (χ0n) is 16.4. The second kappa shape index (κ2) is 7.94. The Morgan fingerprint density at radius 1 is 1.10 bits per heavy atom. The molecular formula is C23H21N5O2. The van der Waals surface area contributed by atoms with Crippen molar-refractivity contribution in [3.63, 3.8) is 0 Å². The molecule has 7 heteroatoms. The molecule has 0 bridgehead atoms. The minimum absolute atomic E-state index is 0.0261. The van der Waals surface area contributed by atoms with Gasteiger partial charge in [0.15, 0.2) is 0 Å². The van der Waals surface area contributed by atoms with E-state index in [0.29, 0.717) is 18.7 Å². The number of nitrogens with one attached hydrogen (secondary N) is 1. The van der Waals surface area contributed by atoms with Gasteiger partial charge in [-0.25, -0.2) is 4.98 Å². The Kier molecular flexibility index (Phi) is 4.85. The zero-order chi connectivity index (χ0) is 20.3. The molecule has 3 aromatic heterocycles. The number of aromatic amines is 1. The van der Waals surface area contributed by atoms with E-state index in [1.807, 2.05) is 47.4 Å². The molecule has 1 fully saturated rings. The highest BCUT2D eigenvalue weighted by atomic mass is 16.5. The van der Waals surface area contributed by atoms with Crippen molar-refractivity contribution in [2.24, 2.45) is 0 Å². The van der Waals surface area contributed by atoms with Gasteiger partial charge in [-0.05, 0) is 24.3 Å². The second-order valence-electron chi connectivity index (χ2n) is 7.36. The summed E-state index contributed by atoms with van der Waals surface area (Å²) in [6.07, 6.45) is 8.62. The van der Waals surface area contributed by atoms with Crippen LogP contribution in [0.25, 0.3) is 22.2 Å². The van der Waals surface area contributed by atoms with Crippen LogP contribution in [0.4, 0.5) is 0 Å². The third kappa shape index (κ3) is 3.61. The number of piperidine rings is 1. The minimum atomic E-state index is 0.0261. The van der Waals surface area contributed by atoms with Crippen LogP contribution in [0.2, 0.25) is 0 Å². The Labute approximate surface area is 173 Å². The Bertz CT molecular complexity index is 1150. The summed E-state index contributed by atoms with van der Waals surface area (Å²) < 4.78 is 6.01. The van der Waals surface area contributed by atoms with Crippen LogP contribution in [0.15, 0.2) is 67.3 Å². The fourth-order valence-electron chi connectivity index (χ4n) is 3.85. The molecule has 0 radical (unpaired) electrons. The minimum Gasteiger partial charge on any atom is -0.489 e. The van der Waals surface area contributed by atoms with Gasteiger partial charge in [-0.15, -0.1) is 0 Å². The van der Waals surface area contributed by atoms with Gasteiger partial charge in [0.05, 0.1) is 29.2 Å². The molecule has 30 heavy (non-hydrogen) atoms. The predicted molar refractivity (Wildman–Crippen MR) is 113 cm³/mol. The number of likely N-dealkylation sites (tertiary alicyclic amines) is 1. The molecule has 5 rings (SSSR count). The van der Waals surface area contributed by atoms with Crippen molar-refractivity contribution in [2.75, 3.05) is 13.1 Å². The number of nitrogens with zero attached hydrogens (tertiary/aromatic N) is 4. The third-order valence-corrected chi connectivity index (χ3v) is 5.41. The van der Waals surface area contributed by atoms with Crippen LogP contribution < -0.4 is 4.74 Å². The van der Waals surface area contributed by atoms with Gasteiger partial charge < -0.3 is 9.64 Å². The molecule has 0 spiro atoms. The standard InChI is InChI=1S/C23H21N5O2/c29-23(28-10-7-17(8-11-28)30-18-4-3-9-24-15-18)20-12-22(16-13-25-26-14-16)27-21-6-2-1-5-19(20)21/h1-6,9,12-15,17H,7-8,10-11H2,(H,25,26). The molecule has 1 aromatic carbocycles. The molecule has 1 aliphatic heterocycles. The van der Waals surface area contributed by atoms with Gasteiger partial charge in [-0.3, -0.25) is 14.9 Å². The van der Waals surface area contributed by atoms with Gasteiger partial charge in [-0.1, -0.05) is 18.2 Å². The first-order valence-corrected chi connectivity index (χ1v) is 10.0. The van der Waals surface area contributed by atoms with Crippen molar-refractivity contribution in [3.05, 3.63) is 72.8 Å². The molecule has 1 aliphatic rings. The van der Waals surface area contributed by atoms with Crippen LogP contribution in [0.1, 0.15) is 23.2 Å². The zero-order valence-corrected chi connectivity index (χ0v) is 16.4. The summed E-state index contributed by atoms with van der Waals surface area (Å²) in [5, 5.41) is 7.68. The van der Waals surface area contributed by atoms with Crippen LogP contribution in [0.3, 0.4) is 0 Å². The number of aromatic nitrogens is 4. The average molecular weight is 399 g/mol. The summed E-state index contributed by atoms with van der Waals surface area (Å²) in [5.74, 6) is 0.797. The topological polar surface area (TPSA) is 84.0 Å². The maximum absolute atomic E-state index is 13.4. The molecule has 4 heterocycles. The van der Waals surface area contributed by atoms with Crippen LogP contribution >= 0.6 is 0 Å². The smallest absolute Gasteiger partial charge is 0.254 e. The van der Waals surface area contributed by atoms with Gasteiger partial charge in [0.1, 0.15) is 11.9 Å². The van der Waals surface area contributed by atoms with E-state index >= 15 is 0 Å². The van der Waals surface area contributed by atoms with Gasteiger partial charge in [0.25, 0.3) is 5.91 Å². The Balaban J connectivity index is 1.37. The van der Waals surface area contributed by atoms with E-state index in [1.54, 1.807) is 24.8 Å². The number of para-hydroxylation sites is 1. The fraction of sp³-hybridized carbons (Fsp3) is 0.217. The predicted octanol–water partition coefficient (Wildman–Crippen LogP) is 3.70. The van der Waals surface area contributed by atoms with Crippen LogP contribution in [0.5, 0.6) is 5.75 Å². The Hall–Kier alpha value is -3.74. The number of ether oxygens (including phenoxy) is 1. The van der Waals surface area contributed by atoms with E-state index in [2.05, 4.69) is 15.2 Å². The Morgan fingerprint density at radius 3 is 2.73 bits per heavy atom. The molecule has 0 atom stereocenters. The molecule has 4 aromatic rings. The Morgan fingerprint density at radius 2 is 1.97 bits per heavy atom. The van der Waals surface area contributed by atoms with Crippen LogP contribution in [0, 0.1) is 0 Å². The largest absolute Gasteiger partial charge is 0.489 e. The maximum atomic E-state index is 13.4. The summed E-state index contributed by atoms with van der Waals surface area (Å²) in [7, 11) is 0. The number of H-pyrrole nitrogens is 1. The number of fused-ring (bicyclic) bond motifs is 1. The lowest BCUT2D eigenvalue weighted by atomic mass is 10.0. The van der Waals surface area contributed by atoms with Crippen LogP contribution in [-0.2, 0) is 0 Å². The molecule has 1 amide bonds. The van der Waals surface area contributed by atoms with Crippen molar-refractivity contribution in [3.8, 4) is 17.0 Å². The monoisotopic (exact) mass is 399 g/mol. The normalized spacial score (nSPS) is 14.7. The number of hydrogen-bond acceptors (Lipinski definition) is 5. The highest BCUT2D eigenvalue weighted by molar-refractivity contribution is 6.07. The molecule has 1 saturated heterocycles. The molecule has 150 valence electrons. The number of rotatable bonds is 4. The van der Waals surface area contributed by atoms with Gasteiger partial charge >= 0.3 is 0 Å². The summed E-state index contributed by atoms with van der Waals surface area (Å²) >= 11 is 0. The summed E-state index contributed by atoms with van der Waals surface area (Å²) in [5.41, 5.74) is 3.07. The van der Waals surface area contributed by atoms with Gasteiger partial charge in [-0.2, -0.15) is 5.10 Å². The first-order chi connectivity index (χ1) is 14.8. The number of hydrogen-bond donors (Lipinski definition) is 1. The lowest BCUT2D eigenvalue weighted by Crippen LogP contribution is -2.41. The van der Waals surface area contributed by atoms with Crippen molar-refractivity contribution < 1.29 is 9.53 Å². The van der Waals surface area contributed by atoms with Crippen molar-refractivity contribution in [1.29, 1.82) is 0 Å². The number of carbonyl (C=O) groups excluding carboxylic acids is 1. The summed E-state index contributed by atoms with van der Waals surface area (Å²) in [6.45, 7) is 1.31. The van der Waals surface area contributed by atoms with E-state index < -0.39 is 0 Å². The first-order valence-electron chi connectivity index (χ1n) is 10.0. The van der Waals surface area contributed by atoms with E-state index in [-0.39, 0.29) is 12.0 Å². The summed E-state index contributed by atoms with van der Waals surface area (Å²) in [4.78, 5) is 24.1. The van der Waals surface area contributed by atoms with Crippen molar-refractivity contribution in [1.82, 2.24) is 25.1 Å². The maximum Gasteiger partial charge on any atom is 0.254 e. The summed E-state index contributed by atoms with van der Waals surface area (Å²) in [6, 6.07) is 13.4. The lowest BCUT2D eigenvalue weighted by molar-refractivity contribution is 0.0596. The van der Waals surface area contributed by atoms with E-state index in [0.717, 1.165) is 40.8 Å². The fourth-order valence-corrected chi connectivity index (χ4v) is 3.85. The second-order valence-corrected chi connectivity index (χ2v) is 7.36. The van der Waals surface area contributed by atoms with Crippen LogP contribution in [-0.4, -0.2) is 50.2 Å². The molecule has 1 N–H and O–H groups in total. The van der Waals surface area contributed by atoms with E-state index in [9.17, 15) is 4.79 Å². The van der Waals surface area contributed by atoms with E-state index in [4.69, 9.17) is 9.72 Å². The highest BCUT2D eigenvalue weighted by Crippen LogP contribution is 2.27. The molecule has 7 nitrogen and oxygen atoms in total. The number of pyridine rings is 2. The van der Waals surface area contributed by atoms with Gasteiger partial charge in [0, 0.05) is 49.3 Å². The molecular weight excluding hydrogens is 378 g/mol.